The molecule has 2 saturated heterocycles. The van der Waals surface area contributed by atoms with Gasteiger partial charge in [0.2, 0.25) is 5.96 Å². The van der Waals surface area contributed by atoms with E-state index in [2.05, 4.69) is 20.3 Å². The molecule has 0 aromatic heterocycles. The Hall–Kier alpha value is -2.62. The average Bonchev–Trinajstić information content (AvgIpc) is 3.66. The van der Waals surface area contributed by atoms with Gasteiger partial charge >= 0.3 is 0 Å². The standard InChI is InChI=1S/C41H63N7O11/c42-28-15-20(9-11-44-28)10-13-56-37-34(54)33(53)27(18-50)58-40(37)59-35-22(16-21-5-1-4-8-26(21)48-19-45-30-38(48)46-41(43)47-39(30)55)17-25-29(36(35)57-14-12-49)32(52)24-7-3-2-6-23(24)31(25)51/h20-29,33-37,40,44,49-50,53-54H,1-19,42H2,(H2,43,47,55)/p+1/t20?,21?,22?,23?,24?,25?,26?,27-,28?,29?,33-,34+,35?,36?,37-,40-/m0/s1. The maximum atomic E-state index is 14.6. The number of nitrogens with two attached hydrogens (primary N) is 2. The van der Waals surface area contributed by atoms with Gasteiger partial charge in [0.05, 0.1) is 50.5 Å². The summed E-state index contributed by atoms with van der Waals surface area (Å²) in [5.74, 6) is -2.53. The minimum absolute atomic E-state index is 0.00662. The molecule has 4 heterocycles. The van der Waals surface area contributed by atoms with Gasteiger partial charge in [-0.15, -0.1) is 0 Å². The fraction of sp³-hybridized carbons (Fsp3) is 0.854. The number of aliphatic hydroxyl groups is 4. The molecule has 0 spiro atoms. The maximum absolute atomic E-state index is 14.6. The summed E-state index contributed by atoms with van der Waals surface area (Å²) in [6.07, 6.45) is 1.68. The number of piperidine rings is 1. The zero-order valence-corrected chi connectivity index (χ0v) is 33.8. The van der Waals surface area contributed by atoms with Crippen LogP contribution in [0.3, 0.4) is 0 Å². The van der Waals surface area contributed by atoms with E-state index < -0.39 is 73.2 Å². The van der Waals surface area contributed by atoms with Crippen LogP contribution in [0, 0.1) is 46.8 Å². The number of guanidine groups is 1. The molecule has 4 aliphatic carbocycles. The number of aliphatic hydroxyl groups excluding tert-OH is 4. The van der Waals surface area contributed by atoms with E-state index in [1.165, 1.54) is 0 Å². The molecule has 0 amide bonds. The number of aliphatic imine (C=N–C) groups is 3. The van der Waals surface area contributed by atoms with Crippen LogP contribution in [0.25, 0.3) is 0 Å². The smallest absolute Gasteiger partial charge is 0.258 e. The van der Waals surface area contributed by atoms with Crippen LogP contribution in [-0.4, -0.2) is 150 Å². The van der Waals surface area contributed by atoms with Crippen molar-refractivity contribution < 1.29 is 64.3 Å². The van der Waals surface area contributed by atoms with Crippen molar-refractivity contribution in [3.63, 3.8) is 0 Å². The van der Waals surface area contributed by atoms with Crippen LogP contribution in [0.4, 0.5) is 0 Å². The number of rotatable bonds is 13. The Morgan fingerprint density at radius 3 is 2.39 bits per heavy atom. The Kier molecular flexibility index (Phi) is 13.7. The molecular weight excluding hydrogens is 766 g/mol. The highest BCUT2D eigenvalue weighted by Crippen LogP contribution is 2.51. The molecule has 18 heteroatoms. The lowest BCUT2D eigenvalue weighted by Gasteiger charge is -2.53. The highest BCUT2D eigenvalue weighted by atomic mass is 16.7. The van der Waals surface area contributed by atoms with Crippen LogP contribution in [0.2, 0.25) is 0 Å². The SMILES string of the molecule is N=C1N=C([O-])C2=NC[NH+](C3CCCCC3CC3CC4C(=O)C5CCCCC5C(=O)C4C(OCCO)C3O[C@@H]3O[C@@H](CO)[C@H](O)[C@@H](O)[C@@H]3OCCC3CC[NH2+]C(N)C3)C2=N1. The monoisotopic (exact) mass is 830 g/mol. The second-order valence-electron chi connectivity index (χ2n) is 18.3. The first-order valence-corrected chi connectivity index (χ1v) is 22.2. The average molecular weight is 831 g/mol. The van der Waals surface area contributed by atoms with Crippen LogP contribution in [-0.2, 0) is 28.5 Å². The van der Waals surface area contributed by atoms with Crippen LogP contribution < -0.4 is 21.1 Å². The number of Topliss-reactive ketones (excluding diaryl/α,β-unsaturated/α-hetero) is 2. The minimum atomic E-state index is -1.47. The first kappa shape index (κ1) is 43.0. The maximum Gasteiger partial charge on any atom is 0.258 e. The number of nitrogens with one attached hydrogen (secondary N) is 2. The molecule has 328 valence electrons. The summed E-state index contributed by atoms with van der Waals surface area (Å²) in [4.78, 5) is 42.6. The van der Waals surface area contributed by atoms with Crippen LogP contribution in [0.1, 0.15) is 83.5 Å². The van der Waals surface area contributed by atoms with E-state index in [9.17, 15) is 35.1 Å². The topological polar surface area (TPSA) is 283 Å². The lowest BCUT2D eigenvalue weighted by molar-refractivity contribution is -0.835. The number of hydrogen-bond donors (Lipinski definition) is 8. The Balaban J connectivity index is 1.11. The molecule has 8 aliphatic rings. The fourth-order valence-corrected chi connectivity index (χ4v) is 12.0. The van der Waals surface area contributed by atoms with Crippen molar-refractivity contribution in [2.24, 2.45) is 62.1 Å². The molecule has 0 aromatic rings. The van der Waals surface area contributed by atoms with Crippen LogP contribution in [0.5, 0.6) is 0 Å². The Labute approximate surface area is 344 Å². The summed E-state index contributed by atoms with van der Waals surface area (Å²) in [7, 11) is 0. The van der Waals surface area contributed by atoms with Crippen molar-refractivity contribution >= 4 is 35.0 Å². The summed E-state index contributed by atoms with van der Waals surface area (Å²) in [6.45, 7) is 0.427. The van der Waals surface area contributed by atoms with Gasteiger partial charge < -0.3 is 49.8 Å². The summed E-state index contributed by atoms with van der Waals surface area (Å²) in [5.41, 5.74) is 6.40. The molecule has 8 rings (SSSR count). The van der Waals surface area contributed by atoms with E-state index in [4.69, 9.17) is 30.1 Å². The van der Waals surface area contributed by atoms with Crippen molar-refractivity contribution in [2.45, 2.75) is 139 Å². The van der Waals surface area contributed by atoms with Gasteiger partial charge in [0, 0.05) is 49.0 Å². The molecular formula is C41H64N7O11+. The summed E-state index contributed by atoms with van der Waals surface area (Å²) in [6, 6.07) is -0.0210. The first-order chi connectivity index (χ1) is 28.6. The third-order valence-corrected chi connectivity index (χ3v) is 14.9. The Bertz CT molecular complexity index is 1650. The number of carbonyl (C=O) groups is 2. The number of hydrogen-bond acceptors (Lipinski definition) is 14. The van der Waals surface area contributed by atoms with Gasteiger partial charge in [-0.05, 0) is 63.2 Å². The van der Waals surface area contributed by atoms with E-state index >= 15 is 0 Å². The number of quaternary nitrogens is 2. The molecule has 6 fully saturated rings. The first-order valence-electron chi connectivity index (χ1n) is 22.2. The quantitative estimate of drug-likeness (QED) is 0.0852. The number of carbonyl (C=O) groups excluding carboxylic acids is 2. The zero-order valence-electron chi connectivity index (χ0n) is 33.8. The van der Waals surface area contributed by atoms with Gasteiger partial charge in [0.25, 0.3) is 5.84 Å². The normalized spacial score (nSPS) is 43.9. The summed E-state index contributed by atoms with van der Waals surface area (Å²) in [5, 5.41) is 65.8. The van der Waals surface area contributed by atoms with Gasteiger partial charge in [-0.2, -0.15) is 4.99 Å². The molecule has 10 N–H and O–H groups in total. The zero-order chi connectivity index (χ0) is 41.4. The van der Waals surface area contributed by atoms with Gasteiger partial charge in [-0.3, -0.25) is 25.6 Å². The van der Waals surface area contributed by atoms with Crippen molar-refractivity contribution in [1.29, 1.82) is 5.41 Å². The Morgan fingerprint density at radius 1 is 0.881 bits per heavy atom. The van der Waals surface area contributed by atoms with Crippen molar-refractivity contribution in [3.8, 4) is 0 Å². The summed E-state index contributed by atoms with van der Waals surface area (Å²) >= 11 is 0. The molecule has 12 unspecified atom stereocenters. The Morgan fingerprint density at radius 2 is 1.63 bits per heavy atom. The summed E-state index contributed by atoms with van der Waals surface area (Å²) < 4.78 is 26.1. The second kappa shape index (κ2) is 18.8. The lowest BCUT2D eigenvalue weighted by Crippen LogP contribution is -3.18. The molecule has 17 atom stereocenters. The third kappa shape index (κ3) is 8.74. The number of fused-ring (bicyclic) bond motifs is 3. The molecule has 4 saturated carbocycles. The fourth-order valence-electron chi connectivity index (χ4n) is 12.0. The van der Waals surface area contributed by atoms with E-state index in [0.717, 1.165) is 62.8 Å². The third-order valence-electron chi connectivity index (χ3n) is 14.9. The largest absolute Gasteiger partial charge is 0.857 e. The van der Waals surface area contributed by atoms with Crippen molar-refractivity contribution in [1.82, 2.24) is 0 Å². The van der Waals surface area contributed by atoms with Crippen molar-refractivity contribution in [2.75, 3.05) is 39.6 Å². The second-order valence-corrected chi connectivity index (χ2v) is 18.3. The highest BCUT2D eigenvalue weighted by molar-refractivity contribution is 6.66. The molecule has 18 nitrogen and oxygen atoms in total. The van der Waals surface area contributed by atoms with E-state index in [1.807, 2.05) is 0 Å². The van der Waals surface area contributed by atoms with Crippen LogP contribution in [0.15, 0.2) is 15.0 Å². The van der Waals surface area contributed by atoms with Gasteiger partial charge in [-0.1, -0.05) is 19.3 Å². The van der Waals surface area contributed by atoms with Gasteiger partial charge in [-0.25, -0.2) is 9.98 Å². The number of amidine groups is 1. The molecule has 0 bridgehead atoms. The van der Waals surface area contributed by atoms with Crippen LogP contribution >= 0.6 is 0 Å². The lowest BCUT2D eigenvalue weighted by atomic mass is 9.55. The minimum Gasteiger partial charge on any atom is -0.857 e. The van der Waals surface area contributed by atoms with E-state index in [1.54, 1.807) is 0 Å². The molecule has 0 radical (unpaired) electrons. The number of ether oxygens (including phenoxy) is 4. The van der Waals surface area contributed by atoms with Gasteiger partial charge in [0.1, 0.15) is 42.1 Å². The highest BCUT2D eigenvalue weighted by Gasteiger charge is 2.60. The molecule has 0 aromatic carbocycles. The molecule has 4 aliphatic heterocycles. The predicted octanol–water partition coefficient (Wildman–Crippen LogP) is -3.22. The molecule has 59 heavy (non-hydrogen) atoms. The van der Waals surface area contributed by atoms with E-state index in [-0.39, 0.29) is 73.0 Å². The number of ketones is 2. The predicted molar refractivity (Wildman–Crippen MR) is 208 cm³/mol. The number of nitrogens with zero attached hydrogens (tertiary/aromatic N) is 3. The van der Waals surface area contributed by atoms with Gasteiger partial charge in [0.15, 0.2) is 18.7 Å². The van der Waals surface area contributed by atoms with E-state index in [0.29, 0.717) is 50.5 Å². The van der Waals surface area contributed by atoms with Crippen molar-refractivity contribution in [3.05, 3.63) is 0 Å².